The number of fused-ring (bicyclic) bond motifs is 1. The van der Waals surface area contributed by atoms with Crippen molar-refractivity contribution in [3.63, 3.8) is 0 Å². The van der Waals surface area contributed by atoms with Gasteiger partial charge >= 0.3 is 0 Å². The molecule has 0 atom stereocenters. The quantitative estimate of drug-likeness (QED) is 0.629. The van der Waals surface area contributed by atoms with Gasteiger partial charge in [-0.15, -0.1) is 0 Å². The zero-order chi connectivity index (χ0) is 14.3. The summed E-state index contributed by atoms with van der Waals surface area (Å²) in [7, 11) is 0. The summed E-state index contributed by atoms with van der Waals surface area (Å²) in [5.74, 6) is 0.997. The summed E-state index contributed by atoms with van der Waals surface area (Å²) in [4.78, 5) is 4.78. The fourth-order valence-corrected chi connectivity index (χ4v) is 2.66. The van der Waals surface area contributed by atoms with E-state index in [-0.39, 0.29) is 0 Å². The maximum absolute atomic E-state index is 6.13. The standard InChI is InChI=1S/C17H17ClN2/c1-11(2)20-16-10-14(18)8-9-15(16)19-17(20)13-6-4-12(3)5-7-13/h4-11H,1-3H3. The Morgan fingerprint density at radius 3 is 2.40 bits per heavy atom. The van der Waals surface area contributed by atoms with Crippen LogP contribution in [0.3, 0.4) is 0 Å². The van der Waals surface area contributed by atoms with Gasteiger partial charge in [-0.05, 0) is 39.0 Å². The Bertz CT molecular complexity index is 755. The number of halogens is 1. The Hall–Kier alpha value is -1.80. The van der Waals surface area contributed by atoms with E-state index in [1.165, 1.54) is 5.56 Å². The van der Waals surface area contributed by atoms with Crippen molar-refractivity contribution < 1.29 is 0 Å². The Morgan fingerprint density at radius 1 is 1.05 bits per heavy atom. The van der Waals surface area contributed by atoms with E-state index < -0.39 is 0 Å². The van der Waals surface area contributed by atoms with Gasteiger partial charge in [0.05, 0.1) is 11.0 Å². The lowest BCUT2D eigenvalue weighted by Gasteiger charge is -2.13. The second kappa shape index (κ2) is 4.95. The van der Waals surface area contributed by atoms with Crippen LogP contribution in [0.25, 0.3) is 22.4 Å². The van der Waals surface area contributed by atoms with E-state index in [0.717, 1.165) is 27.4 Å². The van der Waals surface area contributed by atoms with Gasteiger partial charge < -0.3 is 4.57 Å². The van der Waals surface area contributed by atoms with Crippen LogP contribution in [0.5, 0.6) is 0 Å². The number of rotatable bonds is 2. The van der Waals surface area contributed by atoms with E-state index in [9.17, 15) is 0 Å². The molecule has 0 spiro atoms. The predicted molar refractivity (Wildman–Crippen MR) is 85.3 cm³/mol. The van der Waals surface area contributed by atoms with Crippen molar-refractivity contribution in [2.24, 2.45) is 0 Å². The van der Waals surface area contributed by atoms with Gasteiger partial charge in [-0.2, -0.15) is 0 Å². The first-order chi connectivity index (χ1) is 9.56. The van der Waals surface area contributed by atoms with Gasteiger partial charge in [0, 0.05) is 16.6 Å². The van der Waals surface area contributed by atoms with Crippen LogP contribution < -0.4 is 0 Å². The maximum Gasteiger partial charge on any atom is 0.141 e. The van der Waals surface area contributed by atoms with Crippen LogP contribution in [0.4, 0.5) is 0 Å². The number of benzene rings is 2. The summed E-state index contributed by atoms with van der Waals surface area (Å²) in [6.45, 7) is 6.43. The summed E-state index contributed by atoms with van der Waals surface area (Å²) in [5, 5.41) is 0.745. The zero-order valence-corrected chi connectivity index (χ0v) is 12.6. The van der Waals surface area contributed by atoms with Gasteiger partial charge in [0.1, 0.15) is 5.82 Å². The Morgan fingerprint density at radius 2 is 1.75 bits per heavy atom. The topological polar surface area (TPSA) is 17.8 Å². The molecule has 0 aliphatic heterocycles. The molecule has 1 aromatic heterocycles. The number of aryl methyl sites for hydroxylation is 1. The molecular formula is C17H17ClN2. The Labute approximate surface area is 124 Å². The van der Waals surface area contributed by atoms with Gasteiger partial charge in [0.2, 0.25) is 0 Å². The fourth-order valence-electron chi connectivity index (χ4n) is 2.50. The zero-order valence-electron chi connectivity index (χ0n) is 11.9. The average molecular weight is 285 g/mol. The second-order valence-electron chi connectivity index (χ2n) is 5.40. The molecule has 0 fully saturated rings. The van der Waals surface area contributed by atoms with Crippen molar-refractivity contribution in [3.8, 4) is 11.4 Å². The predicted octanol–water partition coefficient (Wildman–Crippen LogP) is 5.25. The molecule has 102 valence electrons. The highest BCUT2D eigenvalue weighted by molar-refractivity contribution is 6.31. The van der Waals surface area contributed by atoms with E-state index >= 15 is 0 Å². The second-order valence-corrected chi connectivity index (χ2v) is 5.83. The molecule has 0 aliphatic rings. The molecule has 3 aromatic rings. The smallest absolute Gasteiger partial charge is 0.141 e. The van der Waals surface area contributed by atoms with E-state index in [0.29, 0.717) is 6.04 Å². The Balaban J connectivity index is 2.29. The molecule has 1 heterocycles. The van der Waals surface area contributed by atoms with Crippen molar-refractivity contribution >= 4 is 22.6 Å². The Kier molecular flexibility index (Phi) is 3.27. The van der Waals surface area contributed by atoms with Gasteiger partial charge in [0.25, 0.3) is 0 Å². The highest BCUT2D eigenvalue weighted by Gasteiger charge is 2.14. The first-order valence-corrected chi connectivity index (χ1v) is 7.18. The minimum absolute atomic E-state index is 0.328. The minimum atomic E-state index is 0.328. The summed E-state index contributed by atoms with van der Waals surface area (Å²) in [6, 6.07) is 14.7. The SMILES string of the molecule is Cc1ccc(-c2nc3ccc(Cl)cc3n2C(C)C)cc1. The third-order valence-electron chi connectivity index (χ3n) is 3.48. The average Bonchev–Trinajstić information content (AvgIpc) is 2.78. The van der Waals surface area contributed by atoms with E-state index in [1.807, 2.05) is 18.2 Å². The normalized spacial score (nSPS) is 11.4. The van der Waals surface area contributed by atoms with E-state index in [1.54, 1.807) is 0 Å². The molecule has 2 nitrogen and oxygen atoms in total. The van der Waals surface area contributed by atoms with E-state index in [2.05, 4.69) is 49.6 Å². The molecule has 20 heavy (non-hydrogen) atoms. The first-order valence-electron chi connectivity index (χ1n) is 6.81. The van der Waals surface area contributed by atoms with Gasteiger partial charge in [0.15, 0.2) is 0 Å². The summed E-state index contributed by atoms with van der Waals surface area (Å²) in [5.41, 5.74) is 4.46. The van der Waals surface area contributed by atoms with Gasteiger partial charge in [-0.25, -0.2) is 4.98 Å². The third-order valence-corrected chi connectivity index (χ3v) is 3.71. The van der Waals surface area contributed by atoms with Crippen molar-refractivity contribution in [2.75, 3.05) is 0 Å². The molecule has 3 heteroatoms. The van der Waals surface area contributed by atoms with Crippen LogP contribution in [0.2, 0.25) is 5.02 Å². The number of nitrogens with zero attached hydrogens (tertiary/aromatic N) is 2. The largest absolute Gasteiger partial charge is 0.321 e. The summed E-state index contributed by atoms with van der Waals surface area (Å²) < 4.78 is 2.24. The monoisotopic (exact) mass is 284 g/mol. The fraction of sp³-hybridized carbons (Fsp3) is 0.235. The molecule has 0 saturated heterocycles. The number of imidazole rings is 1. The molecule has 0 saturated carbocycles. The number of hydrogen-bond donors (Lipinski definition) is 0. The molecule has 0 amide bonds. The lowest BCUT2D eigenvalue weighted by Crippen LogP contribution is -2.03. The highest BCUT2D eigenvalue weighted by Crippen LogP contribution is 2.30. The lowest BCUT2D eigenvalue weighted by molar-refractivity contribution is 0.624. The molecule has 0 N–H and O–H groups in total. The third kappa shape index (κ3) is 2.20. The van der Waals surface area contributed by atoms with Crippen LogP contribution in [-0.4, -0.2) is 9.55 Å². The van der Waals surface area contributed by atoms with Crippen molar-refractivity contribution in [1.82, 2.24) is 9.55 Å². The first kappa shape index (κ1) is 13.2. The number of hydrogen-bond acceptors (Lipinski definition) is 1. The molecule has 3 rings (SSSR count). The van der Waals surface area contributed by atoms with Gasteiger partial charge in [-0.3, -0.25) is 0 Å². The number of aromatic nitrogens is 2. The molecule has 0 unspecified atom stereocenters. The van der Waals surface area contributed by atoms with Crippen LogP contribution in [0, 0.1) is 6.92 Å². The van der Waals surface area contributed by atoms with Crippen LogP contribution >= 0.6 is 11.6 Å². The van der Waals surface area contributed by atoms with Crippen molar-refractivity contribution in [3.05, 3.63) is 53.1 Å². The van der Waals surface area contributed by atoms with Gasteiger partial charge in [-0.1, -0.05) is 41.4 Å². The molecule has 0 radical (unpaired) electrons. The molecule has 2 aromatic carbocycles. The van der Waals surface area contributed by atoms with E-state index in [4.69, 9.17) is 16.6 Å². The van der Waals surface area contributed by atoms with Crippen LogP contribution in [-0.2, 0) is 0 Å². The van der Waals surface area contributed by atoms with Crippen molar-refractivity contribution in [2.45, 2.75) is 26.8 Å². The maximum atomic E-state index is 6.13. The summed E-state index contributed by atoms with van der Waals surface area (Å²) in [6.07, 6.45) is 0. The molecule has 0 bridgehead atoms. The van der Waals surface area contributed by atoms with Crippen molar-refractivity contribution in [1.29, 1.82) is 0 Å². The summed E-state index contributed by atoms with van der Waals surface area (Å²) >= 11 is 6.13. The van der Waals surface area contributed by atoms with Crippen LogP contribution in [0.1, 0.15) is 25.5 Å². The molecule has 0 aliphatic carbocycles. The highest BCUT2D eigenvalue weighted by atomic mass is 35.5. The van der Waals surface area contributed by atoms with Crippen LogP contribution in [0.15, 0.2) is 42.5 Å². The lowest BCUT2D eigenvalue weighted by atomic mass is 10.1. The minimum Gasteiger partial charge on any atom is -0.321 e. The molecular weight excluding hydrogens is 268 g/mol.